The topological polar surface area (TPSA) is 85.0 Å². The van der Waals surface area contributed by atoms with Crippen LogP contribution in [-0.2, 0) is 0 Å². The number of amides is 1. The van der Waals surface area contributed by atoms with Crippen molar-refractivity contribution < 1.29 is 9.32 Å². The molecule has 0 bridgehead atoms. The molecule has 0 saturated carbocycles. The number of benzene rings is 2. The Balaban J connectivity index is 1.32. The summed E-state index contributed by atoms with van der Waals surface area (Å²) in [6, 6.07) is 15.4. The molecule has 4 aromatic rings. The van der Waals surface area contributed by atoms with Crippen LogP contribution >= 0.6 is 0 Å². The predicted molar refractivity (Wildman–Crippen MR) is 97.9 cm³/mol. The quantitative estimate of drug-likeness (QED) is 0.560. The maximum Gasteiger partial charge on any atom is 0.254 e. The van der Waals surface area contributed by atoms with Crippen molar-refractivity contribution in [2.75, 3.05) is 13.1 Å². The van der Waals surface area contributed by atoms with E-state index in [1.54, 1.807) is 23.4 Å². The number of carbonyl (C=O) groups excluding carboxylic acids is 1. The molecular formula is C20H15N5O2. The van der Waals surface area contributed by atoms with E-state index in [1.807, 2.05) is 42.5 Å². The molecule has 27 heavy (non-hydrogen) atoms. The van der Waals surface area contributed by atoms with Crippen LogP contribution in [-0.4, -0.2) is 44.0 Å². The Hall–Kier alpha value is -3.61. The SMILES string of the molecule is O=C(c1cccc2ccccc12)N1CC(c2nc(-c3ncccn3)no2)C1. The van der Waals surface area contributed by atoms with Crippen LogP contribution in [0.25, 0.3) is 22.4 Å². The van der Waals surface area contributed by atoms with Gasteiger partial charge in [0.1, 0.15) is 0 Å². The van der Waals surface area contributed by atoms with Crippen LogP contribution in [0.5, 0.6) is 0 Å². The van der Waals surface area contributed by atoms with Crippen molar-refractivity contribution in [3.05, 3.63) is 72.4 Å². The number of nitrogens with zero attached hydrogens (tertiary/aromatic N) is 5. The Bertz CT molecular complexity index is 1110. The Labute approximate surface area is 154 Å². The average Bonchev–Trinajstić information content (AvgIpc) is 3.16. The van der Waals surface area contributed by atoms with E-state index < -0.39 is 0 Å². The van der Waals surface area contributed by atoms with Gasteiger partial charge < -0.3 is 9.42 Å². The van der Waals surface area contributed by atoms with Gasteiger partial charge >= 0.3 is 0 Å². The minimum absolute atomic E-state index is 0.0224. The smallest absolute Gasteiger partial charge is 0.254 e. The van der Waals surface area contributed by atoms with Crippen LogP contribution in [0.3, 0.4) is 0 Å². The van der Waals surface area contributed by atoms with E-state index in [1.165, 1.54) is 0 Å². The molecule has 5 rings (SSSR count). The molecule has 1 fully saturated rings. The number of carbonyl (C=O) groups is 1. The molecule has 2 aromatic carbocycles. The number of rotatable bonds is 3. The van der Waals surface area contributed by atoms with Gasteiger partial charge in [-0.15, -0.1) is 0 Å². The molecular weight excluding hydrogens is 342 g/mol. The van der Waals surface area contributed by atoms with Crippen molar-refractivity contribution in [3.8, 4) is 11.6 Å². The summed E-state index contributed by atoms with van der Waals surface area (Å²) >= 11 is 0. The average molecular weight is 357 g/mol. The summed E-state index contributed by atoms with van der Waals surface area (Å²) in [6.07, 6.45) is 3.26. The molecule has 7 nitrogen and oxygen atoms in total. The zero-order valence-electron chi connectivity index (χ0n) is 14.3. The van der Waals surface area contributed by atoms with Gasteiger partial charge in [-0.25, -0.2) is 9.97 Å². The number of fused-ring (bicyclic) bond motifs is 1. The van der Waals surface area contributed by atoms with Gasteiger partial charge in [0.15, 0.2) is 0 Å². The Morgan fingerprint density at radius 1 is 0.963 bits per heavy atom. The van der Waals surface area contributed by atoms with Crippen LogP contribution in [0.4, 0.5) is 0 Å². The molecule has 0 N–H and O–H groups in total. The Morgan fingerprint density at radius 3 is 2.59 bits per heavy atom. The zero-order valence-corrected chi connectivity index (χ0v) is 14.3. The number of likely N-dealkylation sites (tertiary alicyclic amines) is 1. The molecule has 3 heterocycles. The monoisotopic (exact) mass is 357 g/mol. The van der Waals surface area contributed by atoms with Gasteiger partial charge in [0.05, 0.1) is 5.92 Å². The van der Waals surface area contributed by atoms with Gasteiger partial charge in [0, 0.05) is 31.0 Å². The summed E-state index contributed by atoms with van der Waals surface area (Å²) in [5.41, 5.74) is 0.718. The summed E-state index contributed by atoms with van der Waals surface area (Å²) in [7, 11) is 0. The normalized spacial score (nSPS) is 14.3. The van der Waals surface area contributed by atoms with Crippen molar-refractivity contribution in [1.82, 2.24) is 25.0 Å². The summed E-state index contributed by atoms with van der Waals surface area (Å²) < 4.78 is 5.35. The molecule has 0 atom stereocenters. The minimum Gasteiger partial charge on any atom is -0.338 e. The van der Waals surface area contributed by atoms with E-state index >= 15 is 0 Å². The van der Waals surface area contributed by atoms with E-state index in [0.29, 0.717) is 30.6 Å². The maximum atomic E-state index is 12.9. The maximum absolute atomic E-state index is 12.9. The molecule has 0 unspecified atom stereocenters. The van der Waals surface area contributed by atoms with Crippen LogP contribution < -0.4 is 0 Å². The first-order valence-corrected chi connectivity index (χ1v) is 8.67. The van der Waals surface area contributed by atoms with Crippen molar-refractivity contribution in [3.63, 3.8) is 0 Å². The predicted octanol–water partition coefficient (Wildman–Crippen LogP) is 2.92. The second kappa shape index (κ2) is 6.28. The highest BCUT2D eigenvalue weighted by Gasteiger charge is 2.36. The van der Waals surface area contributed by atoms with Gasteiger partial charge in [0.25, 0.3) is 5.91 Å². The van der Waals surface area contributed by atoms with Gasteiger partial charge in [-0.2, -0.15) is 4.98 Å². The van der Waals surface area contributed by atoms with Crippen LogP contribution in [0.2, 0.25) is 0 Å². The molecule has 1 saturated heterocycles. The van der Waals surface area contributed by atoms with Crippen molar-refractivity contribution >= 4 is 16.7 Å². The lowest BCUT2D eigenvalue weighted by Gasteiger charge is -2.37. The second-order valence-corrected chi connectivity index (χ2v) is 6.46. The first-order chi connectivity index (χ1) is 13.3. The standard InChI is InChI=1S/C20H15N5O2/c26-20(16-8-3-6-13-5-1-2-7-15(13)16)25-11-14(12-25)19-23-18(24-27-19)17-21-9-4-10-22-17/h1-10,14H,11-12H2. The summed E-state index contributed by atoms with van der Waals surface area (Å²) in [4.78, 5) is 27.3. The van der Waals surface area contributed by atoms with Crippen molar-refractivity contribution in [1.29, 1.82) is 0 Å². The zero-order chi connectivity index (χ0) is 18.2. The summed E-state index contributed by atoms with van der Waals surface area (Å²) in [6.45, 7) is 1.11. The molecule has 0 aliphatic carbocycles. The van der Waals surface area contributed by atoms with E-state index in [0.717, 1.165) is 16.3 Å². The molecule has 132 valence electrons. The lowest BCUT2D eigenvalue weighted by Crippen LogP contribution is -2.48. The van der Waals surface area contributed by atoms with Gasteiger partial charge in [0.2, 0.25) is 17.5 Å². The van der Waals surface area contributed by atoms with Crippen LogP contribution in [0.15, 0.2) is 65.4 Å². The van der Waals surface area contributed by atoms with Gasteiger partial charge in [-0.1, -0.05) is 41.6 Å². The summed E-state index contributed by atoms with van der Waals surface area (Å²) in [5.74, 6) is 1.36. The fourth-order valence-corrected chi connectivity index (χ4v) is 3.29. The third-order valence-corrected chi connectivity index (χ3v) is 4.75. The third kappa shape index (κ3) is 2.73. The minimum atomic E-state index is 0.0224. The molecule has 0 spiro atoms. The van der Waals surface area contributed by atoms with E-state index in [2.05, 4.69) is 20.1 Å². The van der Waals surface area contributed by atoms with Crippen LogP contribution in [0, 0.1) is 0 Å². The molecule has 1 aliphatic rings. The molecule has 1 aliphatic heterocycles. The summed E-state index contributed by atoms with van der Waals surface area (Å²) in [5, 5.41) is 5.97. The molecule has 2 aromatic heterocycles. The largest absolute Gasteiger partial charge is 0.338 e. The van der Waals surface area contributed by atoms with Gasteiger partial charge in [-0.05, 0) is 22.9 Å². The molecule has 0 radical (unpaired) electrons. The van der Waals surface area contributed by atoms with Crippen LogP contribution in [0.1, 0.15) is 22.2 Å². The van der Waals surface area contributed by atoms with Gasteiger partial charge in [-0.3, -0.25) is 4.79 Å². The highest BCUT2D eigenvalue weighted by molar-refractivity contribution is 6.07. The third-order valence-electron chi connectivity index (χ3n) is 4.75. The second-order valence-electron chi connectivity index (χ2n) is 6.46. The molecule has 7 heteroatoms. The highest BCUT2D eigenvalue weighted by Crippen LogP contribution is 2.29. The molecule has 1 amide bonds. The van der Waals surface area contributed by atoms with Crippen molar-refractivity contribution in [2.45, 2.75) is 5.92 Å². The van der Waals surface area contributed by atoms with E-state index in [-0.39, 0.29) is 11.8 Å². The number of hydrogen-bond donors (Lipinski definition) is 0. The fraction of sp³-hybridized carbons (Fsp3) is 0.150. The first-order valence-electron chi connectivity index (χ1n) is 8.67. The van der Waals surface area contributed by atoms with Crippen molar-refractivity contribution in [2.24, 2.45) is 0 Å². The fourth-order valence-electron chi connectivity index (χ4n) is 3.29. The Morgan fingerprint density at radius 2 is 1.74 bits per heavy atom. The highest BCUT2D eigenvalue weighted by atomic mass is 16.5. The lowest BCUT2D eigenvalue weighted by atomic mass is 9.97. The first kappa shape index (κ1) is 15.6. The van der Waals surface area contributed by atoms with E-state index in [9.17, 15) is 4.79 Å². The number of hydrogen-bond acceptors (Lipinski definition) is 6. The lowest BCUT2D eigenvalue weighted by molar-refractivity contribution is 0.0571. The van der Waals surface area contributed by atoms with E-state index in [4.69, 9.17) is 4.52 Å². The number of aromatic nitrogens is 4. The Kier molecular flexibility index (Phi) is 3.64.